The lowest BCUT2D eigenvalue weighted by molar-refractivity contribution is -0.137. The van der Waals surface area contributed by atoms with Crippen molar-refractivity contribution in [3.63, 3.8) is 0 Å². The number of hydrogen-bond donors (Lipinski definition) is 0. The van der Waals surface area contributed by atoms with Gasteiger partial charge in [-0.25, -0.2) is 0 Å². The van der Waals surface area contributed by atoms with Crippen LogP contribution in [0.1, 0.15) is 11.1 Å². The molecule has 21 heavy (non-hydrogen) atoms. The predicted molar refractivity (Wildman–Crippen MR) is 71.8 cm³/mol. The van der Waals surface area contributed by atoms with Crippen molar-refractivity contribution in [2.24, 2.45) is 5.16 Å². The van der Waals surface area contributed by atoms with Gasteiger partial charge in [0.15, 0.2) is 5.78 Å². The summed E-state index contributed by atoms with van der Waals surface area (Å²) in [5.74, 6) is -0.321. The number of benzene rings is 1. The molecular weight excluding hydrogens is 307 g/mol. The molecule has 2 rings (SSSR count). The molecule has 0 amide bonds. The van der Waals surface area contributed by atoms with Crippen molar-refractivity contribution in [2.45, 2.75) is 12.8 Å². The molecule has 110 valence electrons. The highest BCUT2D eigenvalue weighted by atomic mass is 35.5. The van der Waals surface area contributed by atoms with Gasteiger partial charge in [-0.15, -0.1) is 0 Å². The van der Waals surface area contributed by atoms with Crippen molar-refractivity contribution in [3.05, 3.63) is 58.7 Å². The van der Waals surface area contributed by atoms with Gasteiger partial charge in [-0.3, -0.25) is 4.79 Å². The average molecular weight is 316 g/mol. The molecule has 1 aromatic rings. The number of carbonyl (C=O) groups is 1. The summed E-state index contributed by atoms with van der Waals surface area (Å²) in [6.45, 7) is 0.00881. The zero-order valence-corrected chi connectivity index (χ0v) is 11.3. The van der Waals surface area contributed by atoms with E-state index in [1.807, 2.05) is 0 Å². The van der Waals surface area contributed by atoms with Crippen molar-refractivity contribution in [1.29, 1.82) is 0 Å². The van der Waals surface area contributed by atoms with Crippen molar-refractivity contribution < 1.29 is 22.8 Å². The second-order valence-corrected chi connectivity index (χ2v) is 4.58. The third kappa shape index (κ3) is 4.19. The van der Waals surface area contributed by atoms with E-state index in [4.69, 9.17) is 16.4 Å². The van der Waals surface area contributed by atoms with Crippen LogP contribution in [0.25, 0.3) is 0 Å². The van der Waals surface area contributed by atoms with Crippen LogP contribution in [-0.4, -0.2) is 11.5 Å². The zero-order valence-electron chi connectivity index (χ0n) is 10.5. The molecule has 1 aliphatic carbocycles. The first-order chi connectivity index (χ1) is 9.86. The van der Waals surface area contributed by atoms with E-state index >= 15 is 0 Å². The van der Waals surface area contributed by atoms with Gasteiger partial charge in [-0.2, -0.15) is 13.2 Å². The summed E-state index contributed by atoms with van der Waals surface area (Å²) in [7, 11) is 0. The molecular formula is C14H9ClF3NO2. The van der Waals surface area contributed by atoms with Gasteiger partial charge in [0.25, 0.3) is 0 Å². The van der Waals surface area contributed by atoms with E-state index in [1.54, 1.807) is 0 Å². The standard InChI is InChI=1S/C14H9ClF3NO2/c15-12-7-11(5-6-13(12)20)19-21-8-9-1-3-10(4-2-9)14(16,17)18/h1-7H,8H2. The van der Waals surface area contributed by atoms with E-state index in [0.29, 0.717) is 11.3 Å². The Morgan fingerprint density at radius 3 is 2.38 bits per heavy atom. The Morgan fingerprint density at radius 2 is 1.81 bits per heavy atom. The maximum absolute atomic E-state index is 12.4. The number of hydrogen-bond acceptors (Lipinski definition) is 3. The summed E-state index contributed by atoms with van der Waals surface area (Å²) < 4.78 is 37.1. The Morgan fingerprint density at radius 1 is 1.14 bits per heavy atom. The van der Waals surface area contributed by atoms with E-state index in [-0.39, 0.29) is 17.4 Å². The lowest BCUT2D eigenvalue weighted by Crippen LogP contribution is -2.05. The largest absolute Gasteiger partial charge is 0.416 e. The summed E-state index contributed by atoms with van der Waals surface area (Å²) in [5.41, 5.74) is 0.172. The van der Waals surface area contributed by atoms with E-state index < -0.39 is 11.7 Å². The van der Waals surface area contributed by atoms with E-state index in [0.717, 1.165) is 12.1 Å². The number of alkyl halides is 3. The van der Waals surface area contributed by atoms with Gasteiger partial charge in [-0.05, 0) is 35.9 Å². The quantitative estimate of drug-likeness (QED) is 0.628. The first-order valence-corrected chi connectivity index (χ1v) is 6.20. The normalized spacial score (nSPS) is 17.0. The first-order valence-electron chi connectivity index (χ1n) is 5.82. The molecule has 0 spiro atoms. The minimum absolute atomic E-state index is 0.00881. The predicted octanol–water partition coefficient (Wildman–Crippen LogP) is 3.84. The van der Waals surface area contributed by atoms with Gasteiger partial charge in [0.1, 0.15) is 12.3 Å². The second-order valence-electron chi connectivity index (χ2n) is 4.17. The Bertz CT molecular complexity index is 631. The monoisotopic (exact) mass is 315 g/mol. The molecule has 0 saturated heterocycles. The third-order valence-corrected chi connectivity index (χ3v) is 2.89. The Labute approximate surface area is 123 Å². The van der Waals surface area contributed by atoms with Crippen molar-refractivity contribution >= 4 is 23.1 Å². The number of rotatable bonds is 3. The summed E-state index contributed by atoms with van der Waals surface area (Å²) in [6.07, 6.45) is -0.332. The lowest BCUT2D eigenvalue weighted by Gasteiger charge is -2.07. The highest BCUT2D eigenvalue weighted by molar-refractivity contribution is 6.47. The van der Waals surface area contributed by atoms with Crippen LogP contribution >= 0.6 is 11.6 Å². The van der Waals surface area contributed by atoms with Crippen LogP contribution < -0.4 is 0 Å². The number of oxime groups is 1. The second kappa shape index (κ2) is 6.13. The molecule has 1 aromatic carbocycles. The lowest BCUT2D eigenvalue weighted by atomic mass is 10.1. The molecule has 0 fully saturated rings. The summed E-state index contributed by atoms with van der Waals surface area (Å²) in [5, 5.41) is 3.75. The molecule has 0 heterocycles. The minimum atomic E-state index is -4.36. The van der Waals surface area contributed by atoms with E-state index in [1.165, 1.54) is 30.4 Å². The van der Waals surface area contributed by atoms with Crippen LogP contribution in [-0.2, 0) is 22.4 Å². The molecule has 0 aromatic heterocycles. The van der Waals surface area contributed by atoms with Crippen LogP contribution in [0.5, 0.6) is 0 Å². The zero-order chi connectivity index (χ0) is 15.5. The molecule has 0 saturated carbocycles. The van der Waals surface area contributed by atoms with Crippen LogP contribution in [0, 0.1) is 0 Å². The maximum atomic E-state index is 12.4. The fourth-order valence-corrected chi connectivity index (χ4v) is 1.69. The highest BCUT2D eigenvalue weighted by Gasteiger charge is 2.29. The van der Waals surface area contributed by atoms with Crippen molar-refractivity contribution in [2.75, 3.05) is 0 Å². The SMILES string of the molecule is O=C1C=CC(=NOCc2ccc(C(F)(F)F)cc2)C=C1Cl. The fourth-order valence-electron chi connectivity index (χ4n) is 1.52. The van der Waals surface area contributed by atoms with Gasteiger partial charge in [-0.1, -0.05) is 28.9 Å². The highest BCUT2D eigenvalue weighted by Crippen LogP contribution is 2.29. The molecule has 0 N–H and O–H groups in total. The van der Waals surface area contributed by atoms with Gasteiger partial charge >= 0.3 is 6.18 Å². The van der Waals surface area contributed by atoms with Crippen LogP contribution in [0.3, 0.4) is 0 Å². The van der Waals surface area contributed by atoms with E-state index in [9.17, 15) is 18.0 Å². The minimum Gasteiger partial charge on any atom is -0.390 e. The first kappa shape index (κ1) is 15.3. The third-order valence-electron chi connectivity index (χ3n) is 2.60. The molecule has 0 atom stereocenters. The van der Waals surface area contributed by atoms with E-state index in [2.05, 4.69) is 5.16 Å². The fraction of sp³-hybridized carbons (Fsp3) is 0.143. The average Bonchev–Trinajstić information content (AvgIpc) is 2.42. The molecule has 0 bridgehead atoms. The molecule has 0 radical (unpaired) electrons. The summed E-state index contributed by atoms with van der Waals surface area (Å²) in [6, 6.07) is 4.57. The molecule has 0 unspecified atom stereocenters. The van der Waals surface area contributed by atoms with Gasteiger partial charge in [0.2, 0.25) is 0 Å². The van der Waals surface area contributed by atoms with Gasteiger partial charge in [0.05, 0.1) is 10.6 Å². The molecule has 3 nitrogen and oxygen atoms in total. The number of carbonyl (C=O) groups excluding carboxylic acids is 1. The maximum Gasteiger partial charge on any atom is 0.416 e. The number of allylic oxidation sites excluding steroid dienone is 4. The Balaban J connectivity index is 1.95. The summed E-state index contributed by atoms with van der Waals surface area (Å²) >= 11 is 5.64. The smallest absolute Gasteiger partial charge is 0.390 e. The summed E-state index contributed by atoms with van der Waals surface area (Å²) in [4.78, 5) is 16.1. The Hall–Kier alpha value is -2.08. The molecule has 1 aliphatic rings. The van der Waals surface area contributed by atoms with Crippen molar-refractivity contribution in [1.82, 2.24) is 0 Å². The molecule has 7 heteroatoms. The Kier molecular flexibility index (Phi) is 4.47. The molecule has 0 aliphatic heterocycles. The number of ketones is 1. The van der Waals surface area contributed by atoms with Crippen molar-refractivity contribution in [3.8, 4) is 0 Å². The topological polar surface area (TPSA) is 38.7 Å². The van der Waals surface area contributed by atoms with Gasteiger partial charge in [0, 0.05) is 0 Å². The number of halogens is 4. The van der Waals surface area contributed by atoms with Crippen LogP contribution in [0.4, 0.5) is 13.2 Å². The van der Waals surface area contributed by atoms with Gasteiger partial charge < -0.3 is 4.84 Å². The number of nitrogens with zero attached hydrogens (tertiary/aromatic N) is 1. The van der Waals surface area contributed by atoms with Crippen LogP contribution in [0.2, 0.25) is 0 Å². The van der Waals surface area contributed by atoms with Crippen LogP contribution in [0.15, 0.2) is 52.7 Å².